The Labute approximate surface area is 154 Å². The van der Waals surface area contributed by atoms with Crippen LogP contribution in [0.15, 0.2) is 45.9 Å². The molecule has 1 aliphatic heterocycles. The van der Waals surface area contributed by atoms with Gasteiger partial charge in [-0.15, -0.1) is 0 Å². The monoisotopic (exact) mass is 432 g/mol. The topological polar surface area (TPSA) is 88.5 Å². The van der Waals surface area contributed by atoms with Crippen molar-refractivity contribution in [3.63, 3.8) is 0 Å². The third-order valence-electron chi connectivity index (χ3n) is 3.47. The first-order valence-corrected chi connectivity index (χ1v) is 9.70. The minimum absolute atomic E-state index is 0.0666. The van der Waals surface area contributed by atoms with E-state index >= 15 is 0 Å². The molecule has 0 aliphatic carbocycles. The van der Waals surface area contributed by atoms with Crippen LogP contribution >= 0.6 is 15.9 Å². The van der Waals surface area contributed by atoms with Crippen LogP contribution in [0.1, 0.15) is 12.0 Å². The van der Waals surface area contributed by atoms with Crippen molar-refractivity contribution in [1.82, 2.24) is 10.3 Å². The van der Waals surface area contributed by atoms with Gasteiger partial charge in [0.2, 0.25) is 5.95 Å². The van der Waals surface area contributed by atoms with Crippen molar-refractivity contribution in [1.29, 1.82) is 0 Å². The molecule has 0 saturated carbocycles. The summed E-state index contributed by atoms with van der Waals surface area (Å²) in [5, 5.41) is 3.21. The SMILES string of the molecule is Cc1ccc(S(=O)(=O)O)cc1.Fc1ncc(OC[C@H]2CCN2)cc1Br. The molecule has 0 radical (unpaired) electrons. The molecule has 6 nitrogen and oxygen atoms in total. The van der Waals surface area contributed by atoms with E-state index in [-0.39, 0.29) is 4.90 Å². The highest BCUT2D eigenvalue weighted by Gasteiger charge is 2.16. The van der Waals surface area contributed by atoms with E-state index in [1.165, 1.54) is 18.3 Å². The average molecular weight is 433 g/mol. The smallest absolute Gasteiger partial charge is 0.294 e. The zero-order valence-corrected chi connectivity index (χ0v) is 15.8. The van der Waals surface area contributed by atoms with Crippen LogP contribution in [-0.4, -0.2) is 37.1 Å². The second kappa shape index (κ2) is 8.70. The van der Waals surface area contributed by atoms with Crippen LogP contribution in [0.3, 0.4) is 0 Å². The highest BCUT2D eigenvalue weighted by Crippen LogP contribution is 2.19. The number of nitrogens with zero attached hydrogens (tertiary/aromatic N) is 1. The first-order valence-electron chi connectivity index (χ1n) is 7.47. The van der Waals surface area contributed by atoms with Gasteiger partial charge in [-0.25, -0.2) is 4.98 Å². The van der Waals surface area contributed by atoms with Gasteiger partial charge in [0, 0.05) is 12.1 Å². The lowest BCUT2D eigenvalue weighted by atomic mass is 10.1. The van der Waals surface area contributed by atoms with E-state index in [0.29, 0.717) is 22.9 Å². The van der Waals surface area contributed by atoms with Crippen molar-refractivity contribution in [2.45, 2.75) is 24.3 Å². The molecular weight excluding hydrogens is 415 g/mol. The van der Waals surface area contributed by atoms with Gasteiger partial charge >= 0.3 is 0 Å². The summed E-state index contributed by atoms with van der Waals surface area (Å²) in [5.41, 5.74) is 0.956. The van der Waals surface area contributed by atoms with Crippen LogP contribution in [0, 0.1) is 12.9 Å². The van der Waals surface area contributed by atoms with Gasteiger partial charge in [-0.05, 0) is 48.0 Å². The molecule has 2 heterocycles. The lowest BCUT2D eigenvalue weighted by Crippen LogP contribution is -2.46. The maximum Gasteiger partial charge on any atom is 0.294 e. The van der Waals surface area contributed by atoms with Crippen LogP contribution < -0.4 is 10.1 Å². The van der Waals surface area contributed by atoms with Gasteiger partial charge in [-0.2, -0.15) is 12.8 Å². The molecule has 1 aliphatic rings. The molecule has 1 atom stereocenters. The molecule has 2 N–H and O–H groups in total. The zero-order valence-electron chi connectivity index (χ0n) is 13.4. The molecule has 136 valence electrons. The molecule has 25 heavy (non-hydrogen) atoms. The van der Waals surface area contributed by atoms with E-state index in [9.17, 15) is 12.8 Å². The first-order chi connectivity index (χ1) is 11.8. The largest absolute Gasteiger partial charge is 0.490 e. The van der Waals surface area contributed by atoms with E-state index in [0.717, 1.165) is 18.5 Å². The van der Waals surface area contributed by atoms with Crippen LogP contribution in [0.5, 0.6) is 5.75 Å². The molecule has 0 bridgehead atoms. The molecule has 1 saturated heterocycles. The Morgan fingerprint density at radius 1 is 1.40 bits per heavy atom. The standard InChI is InChI=1S/C9H10BrFN2O.C7H8O3S/c10-8-3-7(4-13-9(8)11)14-5-6-1-2-12-6;1-6-2-4-7(5-3-6)11(8,9)10/h3-4,6,12H,1-2,5H2;2-5H,1H3,(H,8,9,10)/t6-;/m1./s1. The number of benzene rings is 1. The van der Waals surface area contributed by atoms with E-state index in [4.69, 9.17) is 9.29 Å². The van der Waals surface area contributed by atoms with Gasteiger partial charge in [-0.3, -0.25) is 4.55 Å². The predicted molar refractivity (Wildman–Crippen MR) is 94.8 cm³/mol. The number of nitrogens with one attached hydrogen (secondary N) is 1. The van der Waals surface area contributed by atoms with E-state index < -0.39 is 16.1 Å². The third-order valence-corrected chi connectivity index (χ3v) is 4.89. The molecule has 0 amide bonds. The number of hydrogen-bond acceptors (Lipinski definition) is 5. The summed E-state index contributed by atoms with van der Waals surface area (Å²) in [5.74, 6) is 0.0751. The number of aryl methyl sites for hydroxylation is 1. The van der Waals surface area contributed by atoms with Gasteiger partial charge in [0.25, 0.3) is 10.1 Å². The molecular formula is C16H18BrFN2O4S. The first kappa shape index (κ1) is 19.8. The fourth-order valence-electron chi connectivity index (χ4n) is 1.88. The van der Waals surface area contributed by atoms with Crippen molar-refractivity contribution in [3.8, 4) is 5.75 Å². The quantitative estimate of drug-likeness (QED) is 0.570. The lowest BCUT2D eigenvalue weighted by molar-refractivity contribution is 0.216. The fraction of sp³-hybridized carbons (Fsp3) is 0.312. The van der Waals surface area contributed by atoms with Crippen molar-refractivity contribution in [2.24, 2.45) is 0 Å². The third kappa shape index (κ3) is 6.35. The minimum atomic E-state index is -4.02. The summed E-state index contributed by atoms with van der Waals surface area (Å²) < 4.78 is 48.1. The Balaban J connectivity index is 0.000000186. The summed E-state index contributed by atoms with van der Waals surface area (Å²) >= 11 is 3.05. The van der Waals surface area contributed by atoms with E-state index in [1.54, 1.807) is 18.2 Å². The maximum atomic E-state index is 12.7. The van der Waals surface area contributed by atoms with Gasteiger partial charge in [0.05, 0.1) is 15.6 Å². The van der Waals surface area contributed by atoms with Gasteiger partial charge in [0.15, 0.2) is 0 Å². The molecule has 1 aromatic carbocycles. The second-order valence-electron chi connectivity index (χ2n) is 5.48. The number of hydrogen-bond donors (Lipinski definition) is 2. The Bertz CT molecular complexity index is 811. The van der Waals surface area contributed by atoms with Crippen LogP contribution in [-0.2, 0) is 10.1 Å². The van der Waals surface area contributed by atoms with Crippen molar-refractivity contribution in [2.75, 3.05) is 13.2 Å². The number of halogens is 2. The van der Waals surface area contributed by atoms with Crippen LogP contribution in [0.25, 0.3) is 0 Å². The Kier molecular flexibility index (Phi) is 6.88. The normalized spacial score (nSPS) is 16.4. The fourth-order valence-corrected chi connectivity index (χ4v) is 2.69. The Morgan fingerprint density at radius 2 is 2.04 bits per heavy atom. The number of pyridine rings is 1. The zero-order chi connectivity index (χ0) is 18.4. The lowest BCUT2D eigenvalue weighted by Gasteiger charge is -2.27. The highest BCUT2D eigenvalue weighted by atomic mass is 79.9. The highest BCUT2D eigenvalue weighted by molar-refractivity contribution is 9.10. The maximum absolute atomic E-state index is 12.7. The summed E-state index contributed by atoms with van der Waals surface area (Å²) in [7, 11) is -4.02. The second-order valence-corrected chi connectivity index (χ2v) is 7.76. The van der Waals surface area contributed by atoms with Crippen LogP contribution in [0.4, 0.5) is 4.39 Å². The summed E-state index contributed by atoms with van der Waals surface area (Å²) in [6.07, 6.45) is 2.52. The van der Waals surface area contributed by atoms with E-state index in [2.05, 4.69) is 26.2 Å². The van der Waals surface area contributed by atoms with Crippen molar-refractivity contribution < 1.29 is 22.1 Å². The Hall–Kier alpha value is -1.55. The van der Waals surface area contributed by atoms with Crippen molar-refractivity contribution in [3.05, 3.63) is 52.5 Å². The number of ether oxygens (including phenoxy) is 1. The molecule has 9 heteroatoms. The summed E-state index contributed by atoms with van der Waals surface area (Å²) in [6, 6.07) is 8.00. The molecule has 1 aromatic heterocycles. The van der Waals surface area contributed by atoms with Gasteiger partial charge in [-0.1, -0.05) is 17.7 Å². The minimum Gasteiger partial charge on any atom is -0.490 e. The summed E-state index contributed by atoms with van der Waals surface area (Å²) in [6.45, 7) is 3.51. The molecule has 2 aromatic rings. The predicted octanol–water partition coefficient (Wildman–Crippen LogP) is 2.97. The van der Waals surface area contributed by atoms with Gasteiger partial charge in [0.1, 0.15) is 12.4 Å². The molecule has 3 rings (SSSR count). The molecule has 0 spiro atoms. The van der Waals surface area contributed by atoms with Crippen molar-refractivity contribution >= 4 is 26.0 Å². The van der Waals surface area contributed by atoms with Gasteiger partial charge < -0.3 is 10.1 Å². The number of aromatic nitrogens is 1. The average Bonchev–Trinajstić information content (AvgIpc) is 2.49. The van der Waals surface area contributed by atoms with Crippen LogP contribution in [0.2, 0.25) is 0 Å². The molecule has 1 fully saturated rings. The van der Waals surface area contributed by atoms with E-state index in [1.807, 2.05) is 6.92 Å². The number of rotatable bonds is 4. The Morgan fingerprint density at radius 3 is 2.52 bits per heavy atom. The molecule has 0 unspecified atom stereocenters. The summed E-state index contributed by atoms with van der Waals surface area (Å²) in [4.78, 5) is 3.47.